The zero-order chi connectivity index (χ0) is 2.00. The van der Waals surface area contributed by atoms with Crippen molar-refractivity contribution in [3.8, 4) is 0 Å². The van der Waals surface area contributed by atoms with E-state index in [0.717, 1.165) is 0 Å². The number of rotatable bonds is 0. The molecule has 0 aromatic carbocycles. The average molecular weight is 143 g/mol. The van der Waals surface area contributed by atoms with Gasteiger partial charge in [0.1, 0.15) is 0 Å². The molecule has 7 heavy (non-hydrogen) atoms. The second kappa shape index (κ2) is 45.3. The fourth-order valence-electron chi connectivity index (χ4n) is 0. The topological polar surface area (TPSA) is 0 Å². The van der Waals surface area contributed by atoms with Crippen molar-refractivity contribution >= 4 is 148 Å². The van der Waals surface area contributed by atoms with Crippen molar-refractivity contribution in [3.05, 3.63) is 13.2 Å². The van der Waals surface area contributed by atoms with Gasteiger partial charge >= 0.3 is 0 Å². The SMILES string of the molecule is C=C.[Na].[Na].[Na].[Na].[Na]. The van der Waals surface area contributed by atoms with Crippen LogP contribution in [0.5, 0.6) is 0 Å². The maximum Gasteiger partial charge on any atom is 0 e. The molecule has 0 aliphatic carbocycles. The van der Waals surface area contributed by atoms with Crippen LogP contribution in [0.25, 0.3) is 0 Å². The predicted molar refractivity (Wildman–Crippen MR) is 40.0 cm³/mol. The molecule has 0 saturated carbocycles. The van der Waals surface area contributed by atoms with Crippen LogP contribution in [0.2, 0.25) is 0 Å². The van der Waals surface area contributed by atoms with Gasteiger partial charge in [-0.3, -0.25) is 0 Å². The Bertz CT molecular complexity index is 6.04. The van der Waals surface area contributed by atoms with Gasteiger partial charge in [-0.2, -0.15) is 0 Å². The molecule has 0 aliphatic rings. The van der Waals surface area contributed by atoms with Crippen molar-refractivity contribution < 1.29 is 0 Å². The fourth-order valence-corrected chi connectivity index (χ4v) is 0. The molecule has 0 N–H and O–H groups in total. The monoisotopic (exact) mass is 143 g/mol. The third-order valence-corrected chi connectivity index (χ3v) is 0. The van der Waals surface area contributed by atoms with Crippen molar-refractivity contribution in [1.29, 1.82) is 0 Å². The van der Waals surface area contributed by atoms with E-state index in [1.807, 2.05) is 0 Å². The zero-order valence-corrected chi connectivity index (χ0v) is 16.4. The van der Waals surface area contributed by atoms with E-state index in [2.05, 4.69) is 13.2 Å². The Hall–Kier alpha value is 4.74. The van der Waals surface area contributed by atoms with Crippen molar-refractivity contribution in [1.82, 2.24) is 0 Å². The van der Waals surface area contributed by atoms with Crippen LogP contribution in [0.3, 0.4) is 0 Å². The van der Waals surface area contributed by atoms with E-state index in [1.165, 1.54) is 0 Å². The van der Waals surface area contributed by atoms with E-state index in [9.17, 15) is 0 Å². The molecule has 0 nitrogen and oxygen atoms in total. The molecular weight excluding hydrogens is 139 g/mol. The second-order valence-electron chi connectivity index (χ2n) is 0. The summed E-state index contributed by atoms with van der Waals surface area (Å²) in [5.41, 5.74) is 0. The standard InChI is InChI=1S/C2H4.5Na/c1-2;;;;;/h1-2H2;;;;;. The largest absolute Gasteiger partial charge is 0.106 e. The summed E-state index contributed by atoms with van der Waals surface area (Å²) in [5.74, 6) is 0. The van der Waals surface area contributed by atoms with Gasteiger partial charge < -0.3 is 0 Å². The molecule has 0 saturated heterocycles. The predicted octanol–water partition coefficient (Wildman–Crippen LogP) is -1.10. The summed E-state index contributed by atoms with van der Waals surface area (Å²) in [4.78, 5) is 0. The summed E-state index contributed by atoms with van der Waals surface area (Å²) in [7, 11) is 0. The molecule has 0 spiro atoms. The molecule has 0 amide bonds. The molecule has 0 heterocycles. The molecular formula is C2H4Na5. The van der Waals surface area contributed by atoms with Crippen LogP contribution in [-0.2, 0) is 0 Å². The van der Waals surface area contributed by atoms with Crippen molar-refractivity contribution in [2.45, 2.75) is 0 Å². The minimum Gasteiger partial charge on any atom is -0.106 e. The Morgan fingerprint density at radius 1 is 0.429 bits per heavy atom. The van der Waals surface area contributed by atoms with Gasteiger partial charge in [0.15, 0.2) is 0 Å². The minimum absolute atomic E-state index is 0. The molecule has 0 aromatic rings. The van der Waals surface area contributed by atoms with E-state index in [0.29, 0.717) is 0 Å². The smallest absolute Gasteiger partial charge is 0 e. The van der Waals surface area contributed by atoms with Gasteiger partial charge in [0.25, 0.3) is 0 Å². The molecule has 0 fully saturated rings. The molecule has 5 radical (unpaired) electrons. The molecule has 0 unspecified atom stereocenters. The van der Waals surface area contributed by atoms with Crippen LogP contribution in [0.1, 0.15) is 0 Å². The summed E-state index contributed by atoms with van der Waals surface area (Å²) < 4.78 is 0. The molecule has 0 bridgehead atoms. The Morgan fingerprint density at radius 2 is 0.429 bits per heavy atom. The van der Waals surface area contributed by atoms with Crippen LogP contribution in [0.4, 0.5) is 0 Å². The number of hydrogen-bond acceptors (Lipinski definition) is 0. The first kappa shape index (κ1) is 41.1. The van der Waals surface area contributed by atoms with Gasteiger partial charge in [-0.25, -0.2) is 0 Å². The molecule has 0 rings (SSSR count). The second-order valence-corrected chi connectivity index (χ2v) is 0. The first-order valence-electron chi connectivity index (χ1n) is 0.500. The van der Waals surface area contributed by atoms with E-state index < -0.39 is 0 Å². The molecule has 0 aliphatic heterocycles. The summed E-state index contributed by atoms with van der Waals surface area (Å²) in [6.07, 6.45) is 0. The van der Waals surface area contributed by atoms with Crippen LogP contribution in [0, 0.1) is 0 Å². The van der Waals surface area contributed by atoms with Crippen molar-refractivity contribution in [2.75, 3.05) is 0 Å². The Balaban J connectivity index is -0.000000000500. The van der Waals surface area contributed by atoms with E-state index in [-0.39, 0.29) is 148 Å². The summed E-state index contributed by atoms with van der Waals surface area (Å²) >= 11 is 0. The van der Waals surface area contributed by atoms with E-state index >= 15 is 0 Å². The van der Waals surface area contributed by atoms with Gasteiger partial charge in [-0.15, -0.1) is 13.2 Å². The Morgan fingerprint density at radius 3 is 0.429 bits per heavy atom. The minimum atomic E-state index is 0. The zero-order valence-electron chi connectivity index (χ0n) is 6.41. The van der Waals surface area contributed by atoms with Gasteiger partial charge in [0, 0.05) is 148 Å². The first-order chi connectivity index (χ1) is 1.00. The Labute approximate surface area is 156 Å². The normalized spacial score (nSPS) is 0.571. The van der Waals surface area contributed by atoms with Crippen LogP contribution in [0.15, 0.2) is 13.2 Å². The van der Waals surface area contributed by atoms with Crippen LogP contribution < -0.4 is 0 Å². The average Bonchev–Trinajstić information content (AvgIpc) is 1.00. The van der Waals surface area contributed by atoms with Gasteiger partial charge in [0.05, 0.1) is 0 Å². The van der Waals surface area contributed by atoms with E-state index in [4.69, 9.17) is 0 Å². The van der Waals surface area contributed by atoms with Crippen molar-refractivity contribution in [2.24, 2.45) is 0 Å². The summed E-state index contributed by atoms with van der Waals surface area (Å²) in [5, 5.41) is 0. The fraction of sp³-hybridized carbons (Fsp3) is 0. The quantitative estimate of drug-likeness (QED) is 0.298. The molecule has 17 valence electrons. The third kappa shape index (κ3) is 36.5. The molecule has 0 atom stereocenters. The van der Waals surface area contributed by atoms with Crippen LogP contribution >= 0.6 is 0 Å². The molecule has 5 heteroatoms. The summed E-state index contributed by atoms with van der Waals surface area (Å²) in [6, 6.07) is 0. The first-order valence-corrected chi connectivity index (χ1v) is 0.500. The number of hydrogen-bond donors (Lipinski definition) is 0. The van der Waals surface area contributed by atoms with Gasteiger partial charge in [-0.05, 0) is 0 Å². The third-order valence-electron chi connectivity index (χ3n) is 0. The van der Waals surface area contributed by atoms with Gasteiger partial charge in [0.2, 0.25) is 0 Å². The molecule has 0 aromatic heterocycles. The summed E-state index contributed by atoms with van der Waals surface area (Å²) in [6.45, 7) is 6.00. The van der Waals surface area contributed by atoms with Crippen molar-refractivity contribution in [3.63, 3.8) is 0 Å². The maximum atomic E-state index is 3.00. The van der Waals surface area contributed by atoms with Crippen LogP contribution in [-0.4, -0.2) is 148 Å². The Kier molecular flexibility index (Phi) is 266. The maximum absolute atomic E-state index is 3.00. The van der Waals surface area contributed by atoms with Gasteiger partial charge in [-0.1, -0.05) is 0 Å². The van der Waals surface area contributed by atoms with E-state index in [1.54, 1.807) is 0 Å².